The lowest BCUT2D eigenvalue weighted by atomic mass is 10.2. The minimum absolute atomic E-state index is 0.295. The summed E-state index contributed by atoms with van der Waals surface area (Å²) in [4.78, 5) is 22.8. The van der Waals surface area contributed by atoms with E-state index in [4.69, 9.17) is 4.74 Å². The Morgan fingerprint density at radius 3 is 2.94 bits per heavy atom. The van der Waals surface area contributed by atoms with Crippen molar-refractivity contribution in [2.75, 3.05) is 0 Å². The molecule has 0 fully saturated rings. The number of nitrogens with zero attached hydrogens (tertiary/aromatic N) is 2. The number of aromatic nitrogens is 3. The molecule has 6 nitrogen and oxygen atoms in total. The van der Waals surface area contributed by atoms with Crippen LogP contribution in [0, 0.1) is 0 Å². The number of carbonyl (C=O) groups excluding carboxylic acids is 1. The van der Waals surface area contributed by atoms with Crippen LogP contribution in [0.2, 0.25) is 0 Å². The Kier molecular flexibility index (Phi) is 3.18. The predicted octanol–water partition coefficient (Wildman–Crippen LogP) is 1.98. The molecule has 2 rings (SSSR count). The van der Waals surface area contributed by atoms with Gasteiger partial charge in [0.2, 0.25) is 0 Å². The van der Waals surface area contributed by atoms with Crippen LogP contribution >= 0.6 is 0 Å². The second-order valence-electron chi connectivity index (χ2n) is 4.93. The molecule has 2 N–H and O–H groups in total. The summed E-state index contributed by atoms with van der Waals surface area (Å²) in [7, 11) is 0. The molecular formula is C12H16N4O2. The van der Waals surface area contributed by atoms with Gasteiger partial charge in [0.15, 0.2) is 0 Å². The largest absolute Gasteiger partial charge is 0.444 e. The Balaban J connectivity index is 1.96. The summed E-state index contributed by atoms with van der Waals surface area (Å²) in [6.45, 7) is 5.75. The molecule has 0 aliphatic rings. The molecule has 0 saturated carbocycles. The van der Waals surface area contributed by atoms with Gasteiger partial charge < -0.3 is 15.0 Å². The number of pyridine rings is 1. The highest BCUT2D eigenvalue weighted by atomic mass is 16.6. The number of rotatable bonds is 2. The van der Waals surface area contributed by atoms with Gasteiger partial charge in [-0.1, -0.05) is 0 Å². The fourth-order valence-corrected chi connectivity index (χ4v) is 1.46. The SMILES string of the molecule is CC(C)(C)OC(=O)NCc1nc2ccncc2[nH]1. The van der Waals surface area contributed by atoms with Gasteiger partial charge in [-0.15, -0.1) is 0 Å². The van der Waals surface area contributed by atoms with Gasteiger partial charge in [-0.3, -0.25) is 4.98 Å². The Morgan fingerprint density at radius 2 is 2.28 bits per heavy atom. The van der Waals surface area contributed by atoms with Gasteiger partial charge in [-0.25, -0.2) is 9.78 Å². The monoisotopic (exact) mass is 248 g/mol. The first-order chi connectivity index (χ1) is 8.44. The molecule has 0 saturated heterocycles. The minimum Gasteiger partial charge on any atom is -0.444 e. The van der Waals surface area contributed by atoms with Crippen molar-refractivity contribution in [1.29, 1.82) is 0 Å². The summed E-state index contributed by atoms with van der Waals surface area (Å²) >= 11 is 0. The van der Waals surface area contributed by atoms with Gasteiger partial charge in [-0.2, -0.15) is 0 Å². The van der Waals surface area contributed by atoms with Crippen LogP contribution in [0.15, 0.2) is 18.5 Å². The van der Waals surface area contributed by atoms with Crippen LogP contribution in [0.3, 0.4) is 0 Å². The van der Waals surface area contributed by atoms with Crippen LogP contribution in [0.5, 0.6) is 0 Å². The van der Waals surface area contributed by atoms with Gasteiger partial charge in [0.25, 0.3) is 0 Å². The number of alkyl carbamates (subject to hydrolysis) is 1. The van der Waals surface area contributed by atoms with E-state index in [1.807, 2.05) is 26.8 Å². The van der Waals surface area contributed by atoms with Crippen LogP contribution < -0.4 is 5.32 Å². The lowest BCUT2D eigenvalue weighted by molar-refractivity contribution is 0.0522. The molecule has 1 amide bonds. The number of imidazole rings is 1. The zero-order chi connectivity index (χ0) is 13.2. The lowest BCUT2D eigenvalue weighted by Crippen LogP contribution is -2.32. The quantitative estimate of drug-likeness (QED) is 0.851. The van der Waals surface area contributed by atoms with Crippen LogP contribution in [0.25, 0.3) is 11.0 Å². The molecule has 0 aliphatic carbocycles. The smallest absolute Gasteiger partial charge is 0.408 e. The highest BCUT2D eigenvalue weighted by molar-refractivity contribution is 5.73. The molecule has 96 valence electrons. The molecule has 0 aromatic carbocycles. The van der Waals surface area contributed by atoms with Gasteiger partial charge in [0, 0.05) is 6.20 Å². The molecular weight excluding hydrogens is 232 g/mol. The first kappa shape index (κ1) is 12.3. The molecule has 6 heteroatoms. The molecule has 0 spiro atoms. The number of amides is 1. The Hall–Kier alpha value is -2.11. The van der Waals surface area contributed by atoms with Gasteiger partial charge >= 0.3 is 6.09 Å². The zero-order valence-electron chi connectivity index (χ0n) is 10.7. The maximum Gasteiger partial charge on any atom is 0.408 e. The second-order valence-corrected chi connectivity index (χ2v) is 4.93. The summed E-state index contributed by atoms with van der Waals surface area (Å²) in [6, 6.07) is 1.81. The highest BCUT2D eigenvalue weighted by Gasteiger charge is 2.16. The van der Waals surface area contributed by atoms with Crippen LogP contribution in [0.4, 0.5) is 4.79 Å². The van der Waals surface area contributed by atoms with E-state index in [0.29, 0.717) is 12.4 Å². The minimum atomic E-state index is -0.498. The van der Waals surface area contributed by atoms with Crippen molar-refractivity contribution in [2.45, 2.75) is 32.9 Å². The first-order valence-electron chi connectivity index (χ1n) is 5.69. The van der Waals surface area contributed by atoms with Crippen LogP contribution in [-0.4, -0.2) is 26.6 Å². The summed E-state index contributed by atoms with van der Waals surface area (Å²) in [5.74, 6) is 0.670. The van der Waals surface area contributed by atoms with E-state index < -0.39 is 11.7 Å². The third-order valence-corrected chi connectivity index (χ3v) is 2.13. The Morgan fingerprint density at radius 1 is 1.50 bits per heavy atom. The van der Waals surface area contributed by atoms with Crippen molar-refractivity contribution in [3.63, 3.8) is 0 Å². The average molecular weight is 248 g/mol. The summed E-state index contributed by atoms with van der Waals surface area (Å²) < 4.78 is 5.13. The van der Waals surface area contributed by atoms with E-state index in [-0.39, 0.29) is 0 Å². The molecule has 2 heterocycles. The van der Waals surface area contributed by atoms with Crippen molar-refractivity contribution in [3.05, 3.63) is 24.3 Å². The molecule has 2 aromatic heterocycles. The van der Waals surface area contributed by atoms with E-state index >= 15 is 0 Å². The van der Waals surface area contributed by atoms with E-state index in [1.165, 1.54) is 0 Å². The number of carbonyl (C=O) groups is 1. The third kappa shape index (κ3) is 3.19. The standard InChI is InChI=1S/C12H16N4O2/c1-12(2,3)18-11(17)14-7-10-15-8-4-5-13-6-9(8)16-10/h4-6H,7H2,1-3H3,(H,14,17)(H,15,16). The molecule has 18 heavy (non-hydrogen) atoms. The molecule has 0 bridgehead atoms. The first-order valence-corrected chi connectivity index (χ1v) is 5.69. The van der Waals surface area contributed by atoms with Gasteiger partial charge in [0.05, 0.1) is 23.8 Å². The van der Waals surface area contributed by atoms with Gasteiger partial charge in [0.1, 0.15) is 11.4 Å². The predicted molar refractivity (Wildman–Crippen MR) is 67.0 cm³/mol. The average Bonchev–Trinajstić information content (AvgIpc) is 2.66. The maximum absolute atomic E-state index is 11.5. The number of hydrogen-bond acceptors (Lipinski definition) is 4. The van der Waals surface area contributed by atoms with E-state index in [0.717, 1.165) is 11.0 Å². The summed E-state index contributed by atoms with van der Waals surface area (Å²) in [5, 5.41) is 2.64. The topological polar surface area (TPSA) is 79.9 Å². The third-order valence-electron chi connectivity index (χ3n) is 2.13. The van der Waals surface area contributed by atoms with Gasteiger partial charge in [-0.05, 0) is 26.8 Å². The number of H-pyrrole nitrogens is 1. The van der Waals surface area contributed by atoms with Crippen LogP contribution in [-0.2, 0) is 11.3 Å². The zero-order valence-corrected chi connectivity index (χ0v) is 10.7. The highest BCUT2D eigenvalue weighted by Crippen LogP contribution is 2.09. The maximum atomic E-state index is 11.5. The lowest BCUT2D eigenvalue weighted by Gasteiger charge is -2.19. The number of fused-ring (bicyclic) bond motifs is 1. The van der Waals surface area contributed by atoms with Crippen molar-refractivity contribution in [3.8, 4) is 0 Å². The second kappa shape index (κ2) is 4.64. The van der Waals surface area contributed by atoms with Crippen molar-refractivity contribution < 1.29 is 9.53 Å². The number of hydrogen-bond donors (Lipinski definition) is 2. The van der Waals surface area contributed by atoms with E-state index in [1.54, 1.807) is 12.4 Å². The molecule has 0 unspecified atom stereocenters. The molecule has 0 aliphatic heterocycles. The Labute approximate surface area is 105 Å². The van der Waals surface area contributed by atoms with Crippen molar-refractivity contribution in [1.82, 2.24) is 20.3 Å². The molecule has 2 aromatic rings. The van der Waals surface area contributed by atoms with Crippen LogP contribution in [0.1, 0.15) is 26.6 Å². The van der Waals surface area contributed by atoms with Crippen molar-refractivity contribution >= 4 is 17.1 Å². The number of nitrogens with one attached hydrogen (secondary N) is 2. The molecule has 0 atom stereocenters. The summed E-state index contributed by atoms with van der Waals surface area (Å²) in [6.07, 6.45) is 2.91. The normalized spacial score (nSPS) is 11.5. The van der Waals surface area contributed by atoms with E-state index in [2.05, 4.69) is 20.3 Å². The van der Waals surface area contributed by atoms with E-state index in [9.17, 15) is 4.79 Å². The fourth-order valence-electron chi connectivity index (χ4n) is 1.46. The summed E-state index contributed by atoms with van der Waals surface area (Å²) in [5.41, 5.74) is 1.17. The number of aromatic amines is 1. The molecule has 0 radical (unpaired) electrons. The Bertz CT molecular complexity index is 523. The fraction of sp³-hybridized carbons (Fsp3) is 0.417. The number of ether oxygens (including phenoxy) is 1. The van der Waals surface area contributed by atoms with Crippen molar-refractivity contribution in [2.24, 2.45) is 0 Å².